The van der Waals surface area contributed by atoms with Crippen LogP contribution in [0.3, 0.4) is 0 Å². The lowest BCUT2D eigenvalue weighted by molar-refractivity contribution is 0.211. The normalized spacial score (nSPS) is 12.2. The molecule has 0 aliphatic rings. The predicted octanol–water partition coefficient (Wildman–Crippen LogP) is 7.33. The van der Waals surface area contributed by atoms with Gasteiger partial charge in [-0.2, -0.15) is 0 Å². The highest BCUT2D eigenvalue weighted by Gasteiger charge is 2.19. The fourth-order valence-electron chi connectivity index (χ4n) is 2.89. The number of hydrogen-bond donors (Lipinski definition) is 0. The van der Waals surface area contributed by atoms with Crippen LogP contribution in [0.1, 0.15) is 24.5 Å². The minimum atomic E-state index is -0.353. The van der Waals surface area contributed by atoms with Crippen molar-refractivity contribution in [2.24, 2.45) is 7.05 Å². The van der Waals surface area contributed by atoms with E-state index in [9.17, 15) is 0 Å². The summed E-state index contributed by atoms with van der Waals surface area (Å²) in [6.07, 6.45) is -0.353. The Bertz CT molecular complexity index is 1210. The summed E-state index contributed by atoms with van der Waals surface area (Å²) < 4.78 is 7.87. The van der Waals surface area contributed by atoms with Gasteiger partial charge in [-0.3, -0.25) is 0 Å². The third-order valence-electron chi connectivity index (χ3n) is 4.43. The fourth-order valence-corrected chi connectivity index (χ4v) is 5.27. The van der Waals surface area contributed by atoms with Gasteiger partial charge in [0, 0.05) is 34.8 Å². The van der Waals surface area contributed by atoms with E-state index < -0.39 is 0 Å². The monoisotopic (exact) mass is 510 g/mol. The van der Waals surface area contributed by atoms with E-state index >= 15 is 0 Å². The van der Waals surface area contributed by atoms with Crippen LogP contribution in [0, 0.1) is 0 Å². The molecular weight excluding hydrogens is 495 g/mol. The molecule has 2 aromatic heterocycles. The second kappa shape index (κ2) is 9.79. The number of rotatable bonds is 7. The van der Waals surface area contributed by atoms with Crippen LogP contribution in [0.2, 0.25) is 15.1 Å². The average molecular weight is 512 g/mol. The molecule has 0 aliphatic heterocycles. The van der Waals surface area contributed by atoms with Crippen LogP contribution in [0.25, 0.3) is 10.6 Å². The summed E-state index contributed by atoms with van der Waals surface area (Å²) in [4.78, 5) is 4.71. The number of aromatic nitrogens is 4. The quantitative estimate of drug-likeness (QED) is 0.243. The second-order valence-electron chi connectivity index (χ2n) is 6.65. The van der Waals surface area contributed by atoms with E-state index in [1.54, 1.807) is 41.3 Å². The summed E-state index contributed by atoms with van der Waals surface area (Å²) in [5, 5.41) is 14.1. The van der Waals surface area contributed by atoms with Gasteiger partial charge in [0.25, 0.3) is 0 Å². The van der Waals surface area contributed by atoms with Gasteiger partial charge in [-0.25, -0.2) is 4.98 Å². The second-order valence-corrected chi connectivity index (χ2v) is 9.70. The summed E-state index contributed by atoms with van der Waals surface area (Å²) in [6.45, 7) is 1.89. The third-order valence-corrected chi connectivity index (χ3v) is 7.29. The van der Waals surface area contributed by atoms with Crippen molar-refractivity contribution in [2.75, 3.05) is 0 Å². The molecule has 2 heterocycles. The molecule has 2 aromatic carbocycles. The SMILES string of the molecule is CC(Oc1cc(Cl)ccc1Cl)c1nnc(SCc2csc(-c3ccccc3Cl)n2)n1C. The van der Waals surface area contributed by atoms with Crippen molar-refractivity contribution in [3.63, 3.8) is 0 Å². The van der Waals surface area contributed by atoms with Crippen LogP contribution in [-0.4, -0.2) is 19.7 Å². The molecular formula is C21H17Cl3N4OS2. The van der Waals surface area contributed by atoms with Crippen molar-refractivity contribution in [3.05, 3.63) is 74.4 Å². The van der Waals surface area contributed by atoms with Gasteiger partial charge in [-0.1, -0.05) is 64.8 Å². The lowest BCUT2D eigenvalue weighted by Crippen LogP contribution is -2.10. The Kier molecular flexibility index (Phi) is 7.08. The van der Waals surface area contributed by atoms with Gasteiger partial charge in [-0.05, 0) is 25.1 Å². The number of thioether (sulfide) groups is 1. The summed E-state index contributed by atoms with van der Waals surface area (Å²) in [5.74, 6) is 1.87. The molecule has 0 radical (unpaired) electrons. The Morgan fingerprint density at radius 3 is 2.71 bits per heavy atom. The highest BCUT2D eigenvalue weighted by molar-refractivity contribution is 7.98. The Labute approximate surface area is 203 Å². The molecule has 0 N–H and O–H groups in total. The fraction of sp³-hybridized carbons (Fsp3) is 0.190. The molecule has 4 aromatic rings. The first-order chi connectivity index (χ1) is 14.9. The van der Waals surface area contributed by atoms with Crippen molar-refractivity contribution in [1.82, 2.24) is 19.7 Å². The zero-order valence-corrected chi connectivity index (χ0v) is 20.5. The molecule has 5 nitrogen and oxygen atoms in total. The smallest absolute Gasteiger partial charge is 0.191 e. The van der Waals surface area contributed by atoms with Crippen LogP contribution >= 0.6 is 57.9 Å². The Hall–Kier alpha value is -1.77. The van der Waals surface area contributed by atoms with Gasteiger partial charge in [0.1, 0.15) is 10.8 Å². The minimum Gasteiger partial charge on any atom is -0.481 e. The Morgan fingerprint density at radius 2 is 1.90 bits per heavy atom. The zero-order chi connectivity index (χ0) is 22.0. The standard InChI is InChI=1S/C21H17Cl3N4OS2/c1-12(29-18-9-13(22)7-8-17(18)24)19-26-27-21(28(19)2)31-11-14-10-30-20(25-14)15-5-3-4-6-16(15)23/h3-10,12H,11H2,1-2H3. The maximum atomic E-state index is 6.28. The van der Waals surface area contributed by atoms with E-state index in [4.69, 9.17) is 44.5 Å². The van der Waals surface area contributed by atoms with E-state index in [0.717, 1.165) is 21.4 Å². The average Bonchev–Trinajstić information content (AvgIpc) is 3.36. The van der Waals surface area contributed by atoms with Gasteiger partial charge < -0.3 is 9.30 Å². The Balaban J connectivity index is 1.43. The van der Waals surface area contributed by atoms with Crippen LogP contribution in [0.4, 0.5) is 0 Å². The summed E-state index contributed by atoms with van der Waals surface area (Å²) >= 11 is 21.7. The summed E-state index contributed by atoms with van der Waals surface area (Å²) in [5.41, 5.74) is 1.90. The van der Waals surface area contributed by atoms with Crippen molar-refractivity contribution < 1.29 is 4.74 Å². The van der Waals surface area contributed by atoms with E-state index in [0.29, 0.717) is 32.4 Å². The molecule has 1 unspecified atom stereocenters. The van der Waals surface area contributed by atoms with Crippen molar-refractivity contribution in [3.8, 4) is 16.3 Å². The summed E-state index contributed by atoms with van der Waals surface area (Å²) in [7, 11) is 1.91. The van der Waals surface area contributed by atoms with Gasteiger partial charge in [0.15, 0.2) is 17.1 Å². The third kappa shape index (κ3) is 5.18. The lowest BCUT2D eigenvalue weighted by Gasteiger charge is -2.15. The lowest BCUT2D eigenvalue weighted by atomic mass is 10.2. The topological polar surface area (TPSA) is 52.8 Å². The molecule has 4 rings (SSSR count). The molecule has 10 heteroatoms. The van der Waals surface area contributed by atoms with E-state index in [1.165, 1.54) is 0 Å². The zero-order valence-electron chi connectivity index (χ0n) is 16.6. The molecule has 31 heavy (non-hydrogen) atoms. The molecule has 0 spiro atoms. The number of nitrogens with zero attached hydrogens (tertiary/aromatic N) is 4. The number of ether oxygens (including phenoxy) is 1. The van der Waals surface area contributed by atoms with E-state index in [2.05, 4.69) is 10.2 Å². The highest BCUT2D eigenvalue weighted by Crippen LogP contribution is 2.33. The molecule has 0 aliphatic carbocycles. The van der Waals surface area contributed by atoms with E-state index in [1.807, 2.05) is 48.2 Å². The minimum absolute atomic E-state index is 0.353. The van der Waals surface area contributed by atoms with E-state index in [-0.39, 0.29) is 6.10 Å². The van der Waals surface area contributed by atoms with Crippen LogP contribution in [0.5, 0.6) is 5.75 Å². The number of hydrogen-bond acceptors (Lipinski definition) is 6. The van der Waals surface area contributed by atoms with Gasteiger partial charge in [0.2, 0.25) is 0 Å². The predicted molar refractivity (Wildman–Crippen MR) is 129 cm³/mol. The van der Waals surface area contributed by atoms with Crippen LogP contribution in [-0.2, 0) is 12.8 Å². The highest BCUT2D eigenvalue weighted by atomic mass is 35.5. The molecule has 0 saturated heterocycles. The maximum Gasteiger partial charge on any atom is 0.191 e. The number of halogens is 3. The largest absolute Gasteiger partial charge is 0.481 e. The maximum absolute atomic E-state index is 6.28. The van der Waals surface area contributed by atoms with Gasteiger partial charge >= 0.3 is 0 Å². The van der Waals surface area contributed by atoms with Gasteiger partial charge in [-0.15, -0.1) is 21.5 Å². The first-order valence-corrected chi connectivity index (χ1v) is 12.3. The molecule has 0 amide bonds. The molecule has 1 atom stereocenters. The number of thiazole rings is 1. The van der Waals surface area contributed by atoms with Crippen molar-refractivity contribution in [1.29, 1.82) is 0 Å². The van der Waals surface area contributed by atoms with Crippen LogP contribution < -0.4 is 4.74 Å². The first-order valence-electron chi connectivity index (χ1n) is 9.25. The molecule has 0 saturated carbocycles. The number of benzene rings is 2. The van der Waals surface area contributed by atoms with Crippen molar-refractivity contribution in [2.45, 2.75) is 23.9 Å². The first kappa shape index (κ1) is 22.4. The Morgan fingerprint density at radius 1 is 1.10 bits per heavy atom. The molecule has 0 bridgehead atoms. The van der Waals surface area contributed by atoms with Crippen LogP contribution in [0.15, 0.2) is 53.0 Å². The van der Waals surface area contributed by atoms with Crippen molar-refractivity contribution >= 4 is 57.9 Å². The summed E-state index contributed by atoms with van der Waals surface area (Å²) in [6, 6.07) is 12.8. The molecule has 0 fully saturated rings. The molecule has 160 valence electrons. The van der Waals surface area contributed by atoms with Gasteiger partial charge in [0.05, 0.1) is 15.7 Å².